The molecule has 0 saturated carbocycles. The molecule has 1 heterocycles. The number of carbonyl (C=O) groups excluding carboxylic acids is 1. The summed E-state index contributed by atoms with van der Waals surface area (Å²) in [4.78, 5) is 17.2. The number of hydrogen-bond acceptors (Lipinski definition) is 3. The fourth-order valence-corrected chi connectivity index (χ4v) is 3.79. The van der Waals surface area contributed by atoms with Gasteiger partial charge in [-0.05, 0) is 30.9 Å². The Balaban J connectivity index is 1.73. The van der Waals surface area contributed by atoms with Crippen LogP contribution in [0.4, 0.5) is 5.69 Å². The second-order valence-electron chi connectivity index (χ2n) is 6.39. The minimum absolute atomic E-state index is 0.0126. The number of benzene rings is 2. The average Bonchev–Trinajstić information content (AvgIpc) is 3.10. The van der Waals surface area contributed by atoms with E-state index in [0.717, 1.165) is 34.8 Å². The van der Waals surface area contributed by atoms with Crippen LogP contribution in [0.3, 0.4) is 0 Å². The topological polar surface area (TPSA) is 42.0 Å². The van der Waals surface area contributed by atoms with Crippen LogP contribution in [0.25, 0.3) is 10.6 Å². The maximum absolute atomic E-state index is 12.6. The molecule has 2 aromatic carbocycles. The van der Waals surface area contributed by atoms with Gasteiger partial charge >= 0.3 is 0 Å². The van der Waals surface area contributed by atoms with Crippen molar-refractivity contribution in [1.29, 1.82) is 0 Å². The lowest BCUT2D eigenvalue weighted by Gasteiger charge is -2.14. The smallest absolute Gasteiger partial charge is 0.230 e. The lowest BCUT2D eigenvalue weighted by atomic mass is 10.0. The Hall–Kier alpha value is -2.46. The summed E-state index contributed by atoms with van der Waals surface area (Å²) in [7, 11) is 0. The molecule has 0 radical (unpaired) electrons. The number of nitrogens with one attached hydrogen (secondary N) is 1. The van der Waals surface area contributed by atoms with Crippen molar-refractivity contribution in [3.05, 3.63) is 70.2 Å². The molecule has 3 nitrogen and oxygen atoms in total. The van der Waals surface area contributed by atoms with E-state index in [1.807, 2.05) is 5.38 Å². The normalized spacial score (nSPS) is 10.7. The van der Waals surface area contributed by atoms with Gasteiger partial charge in [0.05, 0.1) is 12.1 Å². The number of nitrogens with zero attached hydrogens (tertiary/aromatic N) is 1. The third-order valence-electron chi connectivity index (χ3n) is 4.46. The zero-order chi connectivity index (χ0) is 18.5. The van der Waals surface area contributed by atoms with Crippen LogP contribution < -0.4 is 5.32 Å². The van der Waals surface area contributed by atoms with Gasteiger partial charge in [0.1, 0.15) is 5.01 Å². The van der Waals surface area contributed by atoms with Crippen LogP contribution in [0.5, 0.6) is 0 Å². The molecule has 3 rings (SSSR count). The van der Waals surface area contributed by atoms with Gasteiger partial charge in [0.15, 0.2) is 0 Å². The molecule has 0 fully saturated rings. The summed E-state index contributed by atoms with van der Waals surface area (Å²) in [6, 6.07) is 14.5. The molecule has 4 heteroatoms. The SMILES string of the molecule is CCc1cccc(CC)c1NC(=O)Cc1csc(-c2ccc(C)cc2)n1. The van der Waals surface area contributed by atoms with Gasteiger partial charge in [0.25, 0.3) is 0 Å². The molecule has 0 bridgehead atoms. The zero-order valence-electron chi connectivity index (χ0n) is 15.5. The van der Waals surface area contributed by atoms with Gasteiger partial charge in [-0.15, -0.1) is 11.3 Å². The fraction of sp³-hybridized carbons (Fsp3) is 0.273. The van der Waals surface area contributed by atoms with Crippen LogP contribution in [0.1, 0.15) is 36.2 Å². The lowest BCUT2D eigenvalue weighted by Crippen LogP contribution is -2.17. The van der Waals surface area contributed by atoms with Crippen molar-refractivity contribution in [3.8, 4) is 10.6 Å². The number of thiazole rings is 1. The standard InChI is InChI=1S/C22H24N2OS/c1-4-16-7-6-8-17(5-2)21(16)24-20(25)13-19-14-26-22(23-19)18-11-9-15(3)10-12-18/h6-12,14H,4-5,13H2,1-3H3,(H,24,25). The molecule has 3 aromatic rings. The zero-order valence-corrected chi connectivity index (χ0v) is 16.3. The Kier molecular flexibility index (Phi) is 5.84. The number of aryl methyl sites for hydroxylation is 3. The molecular weight excluding hydrogens is 340 g/mol. The van der Waals surface area contributed by atoms with Gasteiger partial charge in [0.2, 0.25) is 5.91 Å². The van der Waals surface area contributed by atoms with E-state index in [-0.39, 0.29) is 5.91 Å². The Morgan fingerprint density at radius 2 is 1.69 bits per heavy atom. The Morgan fingerprint density at radius 1 is 1.04 bits per heavy atom. The lowest BCUT2D eigenvalue weighted by molar-refractivity contribution is -0.115. The first kappa shape index (κ1) is 18.3. The van der Waals surface area contributed by atoms with Crippen LogP contribution in [0.2, 0.25) is 0 Å². The van der Waals surface area contributed by atoms with Crippen LogP contribution in [0, 0.1) is 6.92 Å². The molecule has 0 aliphatic rings. The molecule has 0 aliphatic heterocycles. The van der Waals surface area contributed by atoms with E-state index in [0.29, 0.717) is 6.42 Å². The number of aromatic nitrogens is 1. The highest BCUT2D eigenvalue weighted by Crippen LogP contribution is 2.25. The van der Waals surface area contributed by atoms with Crippen LogP contribution in [0.15, 0.2) is 47.8 Å². The summed E-state index contributed by atoms with van der Waals surface area (Å²) < 4.78 is 0. The Bertz CT molecular complexity index is 875. The summed E-state index contributed by atoms with van der Waals surface area (Å²) in [5.41, 5.74) is 6.46. The number of amides is 1. The maximum atomic E-state index is 12.6. The van der Waals surface area contributed by atoms with Gasteiger partial charge in [-0.1, -0.05) is 61.9 Å². The predicted molar refractivity (Wildman–Crippen MR) is 110 cm³/mol. The van der Waals surface area contributed by atoms with E-state index in [9.17, 15) is 4.79 Å². The fourth-order valence-electron chi connectivity index (χ4n) is 2.97. The average molecular weight is 365 g/mol. The number of para-hydroxylation sites is 1. The molecule has 0 unspecified atom stereocenters. The quantitative estimate of drug-likeness (QED) is 0.634. The number of carbonyl (C=O) groups is 1. The largest absolute Gasteiger partial charge is 0.325 e. The second kappa shape index (κ2) is 8.28. The van der Waals surface area contributed by atoms with Gasteiger partial charge in [-0.3, -0.25) is 4.79 Å². The first-order valence-electron chi connectivity index (χ1n) is 9.02. The molecule has 1 N–H and O–H groups in total. The van der Waals surface area contributed by atoms with Gasteiger partial charge in [-0.25, -0.2) is 4.98 Å². The highest BCUT2D eigenvalue weighted by Gasteiger charge is 2.13. The summed E-state index contributed by atoms with van der Waals surface area (Å²) in [6.07, 6.45) is 2.10. The van der Waals surface area contributed by atoms with Crippen LogP contribution >= 0.6 is 11.3 Å². The maximum Gasteiger partial charge on any atom is 0.230 e. The molecule has 1 aromatic heterocycles. The summed E-state index contributed by atoms with van der Waals surface area (Å²) >= 11 is 1.58. The molecule has 0 spiro atoms. The predicted octanol–water partition coefficient (Wildman–Crippen LogP) is 5.42. The number of rotatable bonds is 6. The third-order valence-corrected chi connectivity index (χ3v) is 5.40. The van der Waals surface area contributed by atoms with Gasteiger partial charge < -0.3 is 5.32 Å². The second-order valence-corrected chi connectivity index (χ2v) is 7.25. The van der Waals surface area contributed by atoms with Crippen molar-refractivity contribution in [2.75, 3.05) is 5.32 Å². The van der Waals surface area contributed by atoms with Gasteiger partial charge in [-0.2, -0.15) is 0 Å². The van der Waals surface area contributed by atoms with Crippen molar-refractivity contribution < 1.29 is 4.79 Å². The van der Waals surface area contributed by atoms with E-state index < -0.39 is 0 Å². The van der Waals surface area contributed by atoms with E-state index in [4.69, 9.17) is 0 Å². The summed E-state index contributed by atoms with van der Waals surface area (Å²) in [6.45, 7) is 6.29. The highest BCUT2D eigenvalue weighted by molar-refractivity contribution is 7.13. The molecule has 0 atom stereocenters. The van der Waals surface area contributed by atoms with Crippen molar-refractivity contribution >= 4 is 22.9 Å². The molecule has 134 valence electrons. The van der Waals surface area contributed by atoms with E-state index in [1.54, 1.807) is 11.3 Å². The van der Waals surface area contributed by atoms with Crippen LogP contribution in [-0.2, 0) is 24.1 Å². The van der Waals surface area contributed by atoms with Crippen molar-refractivity contribution in [2.24, 2.45) is 0 Å². The van der Waals surface area contributed by atoms with E-state index in [2.05, 4.69) is 73.5 Å². The van der Waals surface area contributed by atoms with E-state index in [1.165, 1.54) is 16.7 Å². The Labute approximate surface area is 159 Å². The number of anilines is 1. The summed E-state index contributed by atoms with van der Waals surface area (Å²) in [5, 5.41) is 6.04. The minimum atomic E-state index is -0.0126. The monoisotopic (exact) mass is 364 g/mol. The molecule has 26 heavy (non-hydrogen) atoms. The van der Waals surface area contributed by atoms with Crippen molar-refractivity contribution in [3.63, 3.8) is 0 Å². The Morgan fingerprint density at radius 3 is 2.31 bits per heavy atom. The highest BCUT2D eigenvalue weighted by atomic mass is 32.1. The van der Waals surface area contributed by atoms with Crippen LogP contribution in [-0.4, -0.2) is 10.9 Å². The summed E-state index contributed by atoms with van der Waals surface area (Å²) in [5.74, 6) is -0.0126. The first-order chi connectivity index (χ1) is 12.6. The van der Waals surface area contributed by atoms with E-state index >= 15 is 0 Å². The molecule has 0 saturated heterocycles. The van der Waals surface area contributed by atoms with Crippen molar-refractivity contribution in [1.82, 2.24) is 4.98 Å². The van der Waals surface area contributed by atoms with Gasteiger partial charge in [0, 0.05) is 16.6 Å². The first-order valence-corrected chi connectivity index (χ1v) is 9.90. The third kappa shape index (κ3) is 4.20. The minimum Gasteiger partial charge on any atom is -0.325 e. The van der Waals surface area contributed by atoms with Crippen molar-refractivity contribution in [2.45, 2.75) is 40.0 Å². The molecule has 1 amide bonds. The molecule has 0 aliphatic carbocycles. The number of hydrogen-bond donors (Lipinski definition) is 1. The molecular formula is C22H24N2OS.